The molecular formula is C24H30N2O2. The quantitative estimate of drug-likeness (QED) is 0.697. The van der Waals surface area contributed by atoms with Crippen molar-refractivity contribution in [2.24, 2.45) is 5.41 Å². The first-order chi connectivity index (χ1) is 13.1. The topological polar surface area (TPSA) is 58.2 Å². The summed E-state index contributed by atoms with van der Waals surface area (Å²) in [7, 11) is 0. The molecule has 2 rings (SSSR count). The number of nitrogens with one attached hydrogen (secondary N) is 2. The zero-order chi connectivity index (χ0) is 20.9. The third-order valence-corrected chi connectivity index (χ3v) is 4.48. The summed E-state index contributed by atoms with van der Waals surface area (Å²) < 4.78 is 0. The first-order valence-electron chi connectivity index (χ1n) is 9.58. The van der Waals surface area contributed by atoms with Crippen molar-refractivity contribution in [2.45, 2.75) is 47.5 Å². The maximum absolute atomic E-state index is 12.9. The SMILES string of the molecule is Cc1ccccc1NC(=O)/C(=C\c1ccc(C(C)C)cc1)NC(=O)C(C)(C)C. The van der Waals surface area contributed by atoms with Crippen molar-refractivity contribution < 1.29 is 9.59 Å². The molecule has 0 aromatic heterocycles. The van der Waals surface area contributed by atoms with Crippen molar-refractivity contribution in [3.8, 4) is 0 Å². The second-order valence-corrected chi connectivity index (χ2v) is 8.35. The van der Waals surface area contributed by atoms with Crippen LogP contribution in [0.5, 0.6) is 0 Å². The molecule has 0 unspecified atom stereocenters. The lowest BCUT2D eigenvalue weighted by Crippen LogP contribution is -2.38. The van der Waals surface area contributed by atoms with E-state index in [1.54, 1.807) is 6.08 Å². The fourth-order valence-corrected chi connectivity index (χ4v) is 2.51. The van der Waals surface area contributed by atoms with E-state index in [4.69, 9.17) is 0 Å². The van der Waals surface area contributed by atoms with Crippen LogP contribution in [0.3, 0.4) is 0 Å². The van der Waals surface area contributed by atoms with E-state index in [9.17, 15) is 9.59 Å². The molecule has 0 saturated heterocycles. The minimum atomic E-state index is -0.608. The highest BCUT2D eigenvalue weighted by Gasteiger charge is 2.24. The molecule has 0 spiro atoms. The van der Waals surface area contributed by atoms with Gasteiger partial charge in [-0.25, -0.2) is 0 Å². The molecule has 148 valence electrons. The van der Waals surface area contributed by atoms with E-state index in [0.29, 0.717) is 5.92 Å². The molecular weight excluding hydrogens is 348 g/mol. The monoisotopic (exact) mass is 378 g/mol. The average Bonchev–Trinajstić information content (AvgIpc) is 2.62. The van der Waals surface area contributed by atoms with Crippen molar-refractivity contribution in [3.05, 3.63) is 70.9 Å². The third kappa shape index (κ3) is 5.81. The van der Waals surface area contributed by atoms with Crippen molar-refractivity contribution in [1.29, 1.82) is 0 Å². The number of amides is 2. The van der Waals surface area contributed by atoms with Gasteiger partial charge >= 0.3 is 0 Å². The molecule has 2 aromatic carbocycles. The Morgan fingerprint density at radius 2 is 1.57 bits per heavy atom. The Labute approximate surface area is 168 Å². The molecule has 0 fully saturated rings. The molecule has 0 saturated carbocycles. The number of rotatable bonds is 5. The van der Waals surface area contributed by atoms with E-state index in [0.717, 1.165) is 16.8 Å². The Morgan fingerprint density at radius 1 is 0.964 bits per heavy atom. The average molecular weight is 379 g/mol. The second kappa shape index (κ2) is 8.87. The van der Waals surface area contributed by atoms with Crippen LogP contribution >= 0.6 is 0 Å². The number of aryl methyl sites for hydroxylation is 1. The van der Waals surface area contributed by atoms with Gasteiger partial charge in [0.2, 0.25) is 5.91 Å². The predicted molar refractivity (Wildman–Crippen MR) is 116 cm³/mol. The molecule has 0 aliphatic carbocycles. The van der Waals surface area contributed by atoms with E-state index < -0.39 is 5.41 Å². The highest BCUT2D eigenvalue weighted by Crippen LogP contribution is 2.19. The molecule has 0 bridgehead atoms. The van der Waals surface area contributed by atoms with Crippen molar-refractivity contribution in [1.82, 2.24) is 5.32 Å². The standard InChI is InChI=1S/C24H30N2O2/c1-16(2)19-13-11-18(12-14-19)15-21(26-23(28)24(4,5)6)22(27)25-20-10-8-7-9-17(20)3/h7-16H,1-6H3,(H,25,27)(H,26,28)/b21-15+. The number of anilines is 1. The van der Waals surface area contributed by atoms with Gasteiger partial charge in [0.15, 0.2) is 0 Å². The molecule has 4 heteroatoms. The normalized spacial score (nSPS) is 12.0. The summed E-state index contributed by atoms with van der Waals surface area (Å²) in [5.41, 5.74) is 3.37. The number of para-hydroxylation sites is 1. The molecule has 2 N–H and O–H groups in total. The molecule has 0 aliphatic rings. The van der Waals surface area contributed by atoms with Crippen LogP contribution in [0.4, 0.5) is 5.69 Å². The van der Waals surface area contributed by atoms with Gasteiger partial charge in [-0.1, -0.05) is 77.1 Å². The van der Waals surface area contributed by atoms with Crippen molar-refractivity contribution >= 4 is 23.6 Å². The molecule has 0 heterocycles. The molecule has 4 nitrogen and oxygen atoms in total. The number of hydrogen-bond acceptors (Lipinski definition) is 2. The Hall–Kier alpha value is -2.88. The second-order valence-electron chi connectivity index (χ2n) is 8.35. The molecule has 2 amide bonds. The van der Waals surface area contributed by atoms with Gasteiger partial charge in [-0.3, -0.25) is 9.59 Å². The zero-order valence-corrected chi connectivity index (χ0v) is 17.6. The van der Waals surface area contributed by atoms with Crippen LogP contribution in [-0.2, 0) is 9.59 Å². The lowest BCUT2D eigenvalue weighted by atomic mass is 9.95. The molecule has 0 atom stereocenters. The van der Waals surface area contributed by atoms with Crippen molar-refractivity contribution in [2.75, 3.05) is 5.32 Å². The van der Waals surface area contributed by atoms with E-state index in [1.807, 2.05) is 76.2 Å². The Kier molecular flexibility index (Phi) is 6.79. The van der Waals surface area contributed by atoms with Gasteiger partial charge in [0, 0.05) is 11.1 Å². The summed E-state index contributed by atoms with van der Waals surface area (Å²) in [6.07, 6.45) is 1.71. The summed E-state index contributed by atoms with van der Waals surface area (Å²) in [6, 6.07) is 15.5. The number of benzene rings is 2. The Bertz CT molecular complexity index is 872. The van der Waals surface area contributed by atoms with Gasteiger partial charge in [0.25, 0.3) is 5.91 Å². The van der Waals surface area contributed by atoms with Crippen LogP contribution < -0.4 is 10.6 Å². The first-order valence-corrected chi connectivity index (χ1v) is 9.58. The van der Waals surface area contributed by atoms with Crippen LogP contribution in [0.1, 0.15) is 57.2 Å². The summed E-state index contributed by atoms with van der Waals surface area (Å²) in [5, 5.41) is 5.69. The van der Waals surface area contributed by atoms with E-state index >= 15 is 0 Å². The zero-order valence-electron chi connectivity index (χ0n) is 17.6. The molecule has 0 aliphatic heterocycles. The maximum atomic E-state index is 12.9. The van der Waals surface area contributed by atoms with Crippen LogP contribution in [0.2, 0.25) is 0 Å². The van der Waals surface area contributed by atoms with Gasteiger partial charge in [-0.05, 0) is 41.7 Å². The molecule has 28 heavy (non-hydrogen) atoms. The fourth-order valence-electron chi connectivity index (χ4n) is 2.51. The van der Waals surface area contributed by atoms with Gasteiger partial charge in [-0.2, -0.15) is 0 Å². The lowest BCUT2D eigenvalue weighted by Gasteiger charge is -2.19. The van der Waals surface area contributed by atoms with Gasteiger partial charge in [-0.15, -0.1) is 0 Å². The predicted octanol–water partition coefficient (Wildman–Crippen LogP) is 5.26. The highest BCUT2D eigenvalue weighted by molar-refractivity contribution is 6.09. The minimum Gasteiger partial charge on any atom is -0.321 e. The minimum absolute atomic E-state index is 0.211. The number of carbonyl (C=O) groups excluding carboxylic acids is 2. The van der Waals surface area contributed by atoms with Crippen LogP contribution in [0, 0.1) is 12.3 Å². The third-order valence-electron chi connectivity index (χ3n) is 4.48. The largest absolute Gasteiger partial charge is 0.321 e. The smallest absolute Gasteiger partial charge is 0.272 e. The van der Waals surface area contributed by atoms with E-state index in [-0.39, 0.29) is 17.5 Å². The van der Waals surface area contributed by atoms with E-state index in [1.165, 1.54) is 5.56 Å². The summed E-state index contributed by atoms with van der Waals surface area (Å²) >= 11 is 0. The summed E-state index contributed by atoms with van der Waals surface area (Å²) in [6.45, 7) is 11.6. The van der Waals surface area contributed by atoms with Crippen LogP contribution in [-0.4, -0.2) is 11.8 Å². The highest BCUT2D eigenvalue weighted by atomic mass is 16.2. The van der Waals surface area contributed by atoms with Gasteiger partial charge in [0.1, 0.15) is 5.70 Å². The fraction of sp³-hybridized carbons (Fsp3) is 0.333. The summed E-state index contributed by atoms with van der Waals surface area (Å²) in [5.74, 6) is -0.125. The molecule has 2 aromatic rings. The van der Waals surface area contributed by atoms with Crippen LogP contribution in [0.25, 0.3) is 6.08 Å². The van der Waals surface area contributed by atoms with Crippen LogP contribution in [0.15, 0.2) is 54.2 Å². The van der Waals surface area contributed by atoms with Gasteiger partial charge in [0.05, 0.1) is 0 Å². The number of carbonyl (C=O) groups is 2. The number of hydrogen-bond donors (Lipinski definition) is 2. The van der Waals surface area contributed by atoms with Gasteiger partial charge < -0.3 is 10.6 Å². The molecule has 0 radical (unpaired) electrons. The summed E-state index contributed by atoms with van der Waals surface area (Å²) in [4.78, 5) is 25.4. The Morgan fingerprint density at radius 3 is 2.11 bits per heavy atom. The lowest BCUT2D eigenvalue weighted by molar-refractivity contribution is -0.128. The van der Waals surface area contributed by atoms with E-state index in [2.05, 4.69) is 24.5 Å². The van der Waals surface area contributed by atoms with Crippen molar-refractivity contribution in [3.63, 3.8) is 0 Å². The maximum Gasteiger partial charge on any atom is 0.272 e. The first kappa shape index (κ1) is 21.4. The Balaban J connectivity index is 2.34.